The van der Waals surface area contributed by atoms with Crippen molar-refractivity contribution in [2.45, 2.75) is 45.3 Å². The second-order valence-electron chi connectivity index (χ2n) is 4.11. The third-order valence-electron chi connectivity index (χ3n) is 3.15. The number of nitrogens with one attached hydrogen (secondary N) is 1. The molecule has 2 atom stereocenters. The molecule has 1 heterocycles. The molecule has 1 rings (SSSR count). The molecule has 0 radical (unpaired) electrons. The van der Waals surface area contributed by atoms with E-state index in [0.717, 1.165) is 32.6 Å². The van der Waals surface area contributed by atoms with Crippen LogP contribution in [0.25, 0.3) is 0 Å². The molecule has 0 bridgehead atoms. The number of piperidine rings is 1. The van der Waals surface area contributed by atoms with Gasteiger partial charge in [0.1, 0.15) is 0 Å². The minimum atomic E-state index is -0.199. The zero-order valence-corrected chi connectivity index (χ0v) is 9.50. The minimum Gasteiger partial charge on any atom is -0.390 e. The first kappa shape index (κ1) is 12.0. The summed E-state index contributed by atoms with van der Waals surface area (Å²) in [5, 5.41) is 13.4. The Balaban J connectivity index is 2.27. The van der Waals surface area contributed by atoms with E-state index >= 15 is 0 Å². The van der Waals surface area contributed by atoms with Crippen LogP contribution in [0, 0.1) is 0 Å². The molecule has 84 valence electrons. The van der Waals surface area contributed by atoms with Crippen molar-refractivity contribution in [2.75, 3.05) is 26.2 Å². The fraction of sp³-hybridized carbons (Fsp3) is 1.00. The molecule has 3 heteroatoms. The second-order valence-corrected chi connectivity index (χ2v) is 4.11. The van der Waals surface area contributed by atoms with Gasteiger partial charge in [-0.3, -0.25) is 0 Å². The summed E-state index contributed by atoms with van der Waals surface area (Å²) >= 11 is 0. The van der Waals surface area contributed by atoms with Crippen molar-refractivity contribution >= 4 is 0 Å². The van der Waals surface area contributed by atoms with Crippen LogP contribution in [0.3, 0.4) is 0 Å². The molecule has 0 saturated carbocycles. The summed E-state index contributed by atoms with van der Waals surface area (Å²) in [7, 11) is 0. The molecular weight excluding hydrogens is 176 g/mol. The molecule has 2 N–H and O–H groups in total. The van der Waals surface area contributed by atoms with Crippen LogP contribution < -0.4 is 5.32 Å². The largest absolute Gasteiger partial charge is 0.390 e. The molecule has 3 nitrogen and oxygen atoms in total. The molecular formula is C11H24N2O. The highest BCUT2D eigenvalue weighted by molar-refractivity contribution is 4.81. The van der Waals surface area contributed by atoms with Crippen molar-refractivity contribution in [3.8, 4) is 0 Å². The summed E-state index contributed by atoms with van der Waals surface area (Å²) in [5.74, 6) is 0. The zero-order valence-electron chi connectivity index (χ0n) is 9.50. The predicted molar refractivity (Wildman–Crippen MR) is 59.4 cm³/mol. The van der Waals surface area contributed by atoms with Gasteiger partial charge >= 0.3 is 0 Å². The molecule has 1 fully saturated rings. The third kappa shape index (κ3) is 3.56. The Morgan fingerprint density at radius 1 is 1.36 bits per heavy atom. The quantitative estimate of drug-likeness (QED) is 0.690. The molecule has 1 aliphatic heterocycles. The van der Waals surface area contributed by atoms with Crippen LogP contribution in [0.4, 0.5) is 0 Å². The van der Waals surface area contributed by atoms with E-state index in [2.05, 4.69) is 24.1 Å². The van der Waals surface area contributed by atoms with E-state index < -0.39 is 0 Å². The van der Waals surface area contributed by atoms with E-state index in [1.807, 2.05) is 0 Å². The average Bonchev–Trinajstić information content (AvgIpc) is 2.26. The fourth-order valence-corrected chi connectivity index (χ4v) is 2.08. The maximum atomic E-state index is 10.0. The van der Waals surface area contributed by atoms with Crippen LogP contribution in [0.15, 0.2) is 0 Å². The van der Waals surface area contributed by atoms with E-state index in [1.165, 1.54) is 12.8 Å². The smallest absolute Gasteiger partial charge is 0.0819 e. The molecule has 1 saturated heterocycles. The normalized spacial score (nSPS) is 25.3. The van der Waals surface area contributed by atoms with Crippen LogP contribution in [0.1, 0.15) is 33.1 Å². The van der Waals surface area contributed by atoms with Crippen molar-refractivity contribution in [3.63, 3.8) is 0 Å². The van der Waals surface area contributed by atoms with Crippen LogP contribution in [0.5, 0.6) is 0 Å². The van der Waals surface area contributed by atoms with Crippen molar-refractivity contribution < 1.29 is 5.11 Å². The number of aliphatic hydroxyl groups is 1. The topological polar surface area (TPSA) is 35.5 Å². The predicted octanol–water partition coefficient (Wildman–Crippen LogP) is 0.831. The minimum absolute atomic E-state index is 0.199. The number of aliphatic hydroxyl groups excluding tert-OH is 1. The number of rotatable bonds is 5. The van der Waals surface area contributed by atoms with Gasteiger partial charge in [-0.05, 0) is 32.5 Å². The monoisotopic (exact) mass is 200 g/mol. The van der Waals surface area contributed by atoms with Gasteiger partial charge in [0.15, 0.2) is 0 Å². The summed E-state index contributed by atoms with van der Waals surface area (Å²) in [4.78, 5) is 2.28. The van der Waals surface area contributed by atoms with Crippen molar-refractivity contribution in [1.82, 2.24) is 10.2 Å². The van der Waals surface area contributed by atoms with Gasteiger partial charge in [-0.1, -0.05) is 20.3 Å². The van der Waals surface area contributed by atoms with E-state index in [4.69, 9.17) is 0 Å². The van der Waals surface area contributed by atoms with E-state index in [1.54, 1.807) is 0 Å². The highest BCUT2D eigenvalue weighted by Gasteiger charge is 2.22. The Kier molecular flexibility index (Phi) is 5.45. The summed E-state index contributed by atoms with van der Waals surface area (Å²) in [6.07, 6.45) is 3.44. The molecule has 0 aliphatic carbocycles. The summed E-state index contributed by atoms with van der Waals surface area (Å²) < 4.78 is 0. The van der Waals surface area contributed by atoms with Gasteiger partial charge in [-0.2, -0.15) is 0 Å². The van der Waals surface area contributed by atoms with Gasteiger partial charge < -0.3 is 15.3 Å². The lowest BCUT2D eigenvalue weighted by Gasteiger charge is -2.31. The van der Waals surface area contributed by atoms with Gasteiger partial charge in [0.25, 0.3) is 0 Å². The van der Waals surface area contributed by atoms with Crippen LogP contribution in [0.2, 0.25) is 0 Å². The number of hydrogen-bond donors (Lipinski definition) is 2. The van der Waals surface area contributed by atoms with Crippen molar-refractivity contribution in [3.05, 3.63) is 0 Å². The number of hydrogen-bond acceptors (Lipinski definition) is 3. The maximum Gasteiger partial charge on any atom is 0.0819 e. The summed E-state index contributed by atoms with van der Waals surface area (Å²) in [6.45, 7) is 8.22. The highest BCUT2D eigenvalue weighted by Crippen LogP contribution is 2.11. The Morgan fingerprint density at radius 3 is 2.57 bits per heavy atom. The second kappa shape index (κ2) is 6.38. The van der Waals surface area contributed by atoms with Gasteiger partial charge in [0.2, 0.25) is 0 Å². The number of nitrogens with zero attached hydrogens (tertiary/aromatic N) is 1. The third-order valence-corrected chi connectivity index (χ3v) is 3.15. The number of likely N-dealkylation sites (N-methyl/N-ethyl adjacent to an activating group) is 1. The standard InChI is InChI=1S/C11H24N2O/c1-3-13(4-2)9-11(14)10-7-5-6-8-12-10/h10-12,14H,3-9H2,1-2H3. The molecule has 0 aromatic heterocycles. The molecule has 0 aromatic carbocycles. The Hall–Kier alpha value is -0.120. The lowest BCUT2D eigenvalue weighted by Crippen LogP contribution is -2.48. The van der Waals surface area contributed by atoms with Gasteiger partial charge in [-0.25, -0.2) is 0 Å². The van der Waals surface area contributed by atoms with E-state index in [-0.39, 0.29) is 6.10 Å². The zero-order chi connectivity index (χ0) is 10.4. The first-order valence-electron chi connectivity index (χ1n) is 5.91. The Morgan fingerprint density at radius 2 is 2.07 bits per heavy atom. The summed E-state index contributed by atoms with van der Waals surface area (Å²) in [6, 6.07) is 0.323. The molecule has 14 heavy (non-hydrogen) atoms. The Labute approximate surface area is 87.5 Å². The van der Waals surface area contributed by atoms with Crippen molar-refractivity contribution in [1.29, 1.82) is 0 Å². The maximum absolute atomic E-state index is 10.0. The van der Waals surface area contributed by atoms with Gasteiger partial charge in [0.05, 0.1) is 6.10 Å². The average molecular weight is 200 g/mol. The molecule has 1 aliphatic rings. The van der Waals surface area contributed by atoms with Crippen LogP contribution >= 0.6 is 0 Å². The lowest BCUT2D eigenvalue weighted by molar-refractivity contribution is 0.0735. The first-order chi connectivity index (χ1) is 6.77. The molecule has 0 spiro atoms. The fourth-order valence-electron chi connectivity index (χ4n) is 2.08. The highest BCUT2D eigenvalue weighted by atomic mass is 16.3. The van der Waals surface area contributed by atoms with Gasteiger partial charge in [0, 0.05) is 12.6 Å². The van der Waals surface area contributed by atoms with Crippen molar-refractivity contribution in [2.24, 2.45) is 0 Å². The molecule has 2 unspecified atom stereocenters. The first-order valence-corrected chi connectivity index (χ1v) is 5.91. The SMILES string of the molecule is CCN(CC)CC(O)C1CCCCN1. The van der Waals surface area contributed by atoms with Crippen LogP contribution in [-0.4, -0.2) is 48.3 Å². The van der Waals surface area contributed by atoms with Crippen LogP contribution in [-0.2, 0) is 0 Å². The Bertz CT molecular complexity index is 142. The van der Waals surface area contributed by atoms with E-state index in [9.17, 15) is 5.11 Å². The summed E-state index contributed by atoms with van der Waals surface area (Å²) in [5.41, 5.74) is 0. The van der Waals surface area contributed by atoms with E-state index in [0.29, 0.717) is 6.04 Å². The lowest BCUT2D eigenvalue weighted by atomic mass is 9.99. The van der Waals surface area contributed by atoms with Gasteiger partial charge in [-0.15, -0.1) is 0 Å². The molecule has 0 aromatic rings. The molecule has 0 amide bonds.